The van der Waals surface area contributed by atoms with Gasteiger partial charge in [-0.25, -0.2) is 0 Å². The van der Waals surface area contributed by atoms with Crippen molar-refractivity contribution >= 4 is 0 Å². The van der Waals surface area contributed by atoms with E-state index in [0.717, 1.165) is 10.8 Å². The Morgan fingerprint density at radius 1 is 0.810 bits per heavy atom. The lowest BCUT2D eigenvalue weighted by atomic mass is 9.95. The standard InChI is InChI=1S/C13H9F6NO/c14-12(15,16)11(21,13(17,18)19)9-6-7-20(8-9)10-4-2-1-3-5-10/h1-8,21H. The van der Waals surface area contributed by atoms with E-state index in [1.54, 1.807) is 18.2 Å². The third kappa shape index (κ3) is 2.51. The number of hydrogen-bond acceptors (Lipinski definition) is 1. The van der Waals surface area contributed by atoms with Gasteiger partial charge in [0.1, 0.15) is 0 Å². The molecule has 0 bridgehead atoms. The zero-order chi connectivity index (χ0) is 15.9. The van der Waals surface area contributed by atoms with Crippen molar-refractivity contribution in [1.82, 2.24) is 4.57 Å². The average Bonchev–Trinajstić information content (AvgIpc) is 2.86. The predicted octanol–water partition coefficient (Wildman–Crippen LogP) is 3.79. The van der Waals surface area contributed by atoms with Crippen LogP contribution in [0.4, 0.5) is 26.3 Å². The molecule has 0 atom stereocenters. The number of nitrogens with zero attached hydrogens (tertiary/aromatic N) is 1. The summed E-state index contributed by atoms with van der Waals surface area (Å²) in [7, 11) is 0. The lowest BCUT2D eigenvalue weighted by Gasteiger charge is -2.31. The van der Waals surface area contributed by atoms with Crippen molar-refractivity contribution in [2.45, 2.75) is 18.0 Å². The van der Waals surface area contributed by atoms with Crippen molar-refractivity contribution in [3.8, 4) is 5.69 Å². The third-order valence-corrected chi connectivity index (χ3v) is 2.99. The maximum absolute atomic E-state index is 12.7. The molecule has 0 unspecified atom stereocenters. The minimum absolute atomic E-state index is 0.371. The number of hydrogen-bond donors (Lipinski definition) is 1. The molecule has 21 heavy (non-hydrogen) atoms. The van der Waals surface area contributed by atoms with Gasteiger partial charge in [0.25, 0.3) is 5.60 Å². The van der Waals surface area contributed by atoms with Gasteiger partial charge in [-0.2, -0.15) is 26.3 Å². The van der Waals surface area contributed by atoms with E-state index in [2.05, 4.69) is 0 Å². The lowest BCUT2D eigenvalue weighted by molar-refractivity contribution is -0.376. The van der Waals surface area contributed by atoms with Gasteiger partial charge in [-0.15, -0.1) is 0 Å². The normalized spacial score (nSPS) is 13.5. The Labute approximate surface area is 115 Å². The second-order valence-electron chi connectivity index (χ2n) is 4.35. The molecule has 1 aromatic carbocycles. The van der Waals surface area contributed by atoms with Gasteiger partial charge in [-0.1, -0.05) is 18.2 Å². The molecule has 0 radical (unpaired) electrons. The first-order valence-electron chi connectivity index (χ1n) is 5.67. The van der Waals surface area contributed by atoms with Crippen LogP contribution in [-0.2, 0) is 5.60 Å². The van der Waals surface area contributed by atoms with Crippen LogP contribution >= 0.6 is 0 Å². The molecule has 0 fully saturated rings. The first-order valence-corrected chi connectivity index (χ1v) is 5.67. The predicted molar refractivity (Wildman–Crippen MR) is 61.8 cm³/mol. The number of alkyl halides is 6. The summed E-state index contributed by atoms with van der Waals surface area (Å²) in [6, 6.07) is 8.40. The van der Waals surface area contributed by atoms with Gasteiger partial charge in [0.2, 0.25) is 0 Å². The first kappa shape index (κ1) is 15.4. The van der Waals surface area contributed by atoms with E-state index in [1.165, 1.54) is 12.1 Å². The molecule has 114 valence electrons. The van der Waals surface area contributed by atoms with E-state index in [4.69, 9.17) is 0 Å². The summed E-state index contributed by atoms with van der Waals surface area (Å²) < 4.78 is 77.4. The van der Waals surface area contributed by atoms with Gasteiger partial charge in [-0.05, 0) is 18.2 Å². The second kappa shape index (κ2) is 4.80. The molecule has 1 heterocycles. The van der Waals surface area contributed by atoms with Crippen molar-refractivity contribution in [1.29, 1.82) is 0 Å². The highest BCUT2D eigenvalue weighted by molar-refractivity contribution is 5.35. The third-order valence-electron chi connectivity index (χ3n) is 2.99. The molecule has 0 saturated heterocycles. The zero-order valence-electron chi connectivity index (χ0n) is 10.3. The minimum atomic E-state index is -5.88. The lowest BCUT2D eigenvalue weighted by Crippen LogP contribution is -2.53. The summed E-state index contributed by atoms with van der Waals surface area (Å²) in [5.41, 5.74) is -5.82. The number of rotatable bonds is 2. The molecule has 8 heteroatoms. The molecular weight excluding hydrogens is 300 g/mol. The summed E-state index contributed by atoms with van der Waals surface area (Å²) in [4.78, 5) is 0. The fourth-order valence-corrected chi connectivity index (χ4v) is 1.86. The first-order chi connectivity index (χ1) is 9.57. The van der Waals surface area contributed by atoms with Crippen LogP contribution in [0.1, 0.15) is 5.56 Å². The topological polar surface area (TPSA) is 25.2 Å². The molecule has 0 amide bonds. The van der Waals surface area contributed by atoms with E-state index in [0.29, 0.717) is 18.0 Å². The van der Waals surface area contributed by atoms with Gasteiger partial charge in [0.05, 0.1) is 0 Å². The monoisotopic (exact) mass is 309 g/mol. The second-order valence-corrected chi connectivity index (χ2v) is 4.35. The van der Waals surface area contributed by atoms with Crippen LogP contribution in [-0.4, -0.2) is 22.0 Å². The fraction of sp³-hybridized carbons (Fsp3) is 0.231. The number of halogens is 6. The van der Waals surface area contributed by atoms with Gasteiger partial charge in [0, 0.05) is 23.6 Å². The van der Waals surface area contributed by atoms with Crippen molar-refractivity contribution in [3.05, 3.63) is 54.4 Å². The number of para-hydroxylation sites is 1. The SMILES string of the molecule is OC(c1ccn(-c2ccccc2)c1)(C(F)(F)F)C(F)(F)F. The number of benzene rings is 1. The van der Waals surface area contributed by atoms with Crippen LogP contribution < -0.4 is 0 Å². The highest BCUT2D eigenvalue weighted by Crippen LogP contribution is 2.50. The van der Waals surface area contributed by atoms with E-state index < -0.39 is 23.5 Å². The highest BCUT2D eigenvalue weighted by Gasteiger charge is 2.71. The van der Waals surface area contributed by atoms with E-state index in [9.17, 15) is 31.4 Å². The molecule has 2 aromatic rings. The minimum Gasteiger partial charge on any atom is -0.369 e. The van der Waals surface area contributed by atoms with E-state index >= 15 is 0 Å². The van der Waals surface area contributed by atoms with Crippen LogP contribution in [0.15, 0.2) is 48.8 Å². The van der Waals surface area contributed by atoms with Crippen LogP contribution in [0, 0.1) is 0 Å². The Balaban J connectivity index is 2.52. The highest BCUT2D eigenvalue weighted by atomic mass is 19.4. The Hall–Kier alpha value is -1.96. The zero-order valence-corrected chi connectivity index (χ0v) is 10.3. The molecule has 1 N–H and O–H groups in total. The summed E-state index contributed by atoms with van der Waals surface area (Å²) in [5, 5.41) is 9.25. The Morgan fingerprint density at radius 3 is 1.81 bits per heavy atom. The quantitative estimate of drug-likeness (QED) is 0.839. The van der Waals surface area contributed by atoms with Crippen LogP contribution in [0.25, 0.3) is 5.69 Å². The molecule has 2 nitrogen and oxygen atoms in total. The van der Waals surface area contributed by atoms with Crippen LogP contribution in [0.2, 0.25) is 0 Å². The Kier molecular flexibility index (Phi) is 3.53. The molecule has 1 aromatic heterocycles. The largest absolute Gasteiger partial charge is 0.430 e. The van der Waals surface area contributed by atoms with Gasteiger partial charge >= 0.3 is 12.4 Å². The Bertz CT molecular complexity index is 600. The summed E-state index contributed by atoms with van der Waals surface area (Å²) in [6.07, 6.45) is -10.1. The Morgan fingerprint density at radius 2 is 1.33 bits per heavy atom. The smallest absolute Gasteiger partial charge is 0.369 e. The van der Waals surface area contributed by atoms with E-state index in [-0.39, 0.29) is 0 Å². The maximum Gasteiger partial charge on any atom is 0.430 e. The molecule has 2 rings (SSSR count). The van der Waals surface area contributed by atoms with Gasteiger partial charge < -0.3 is 9.67 Å². The average molecular weight is 309 g/mol. The van der Waals surface area contributed by atoms with Crippen molar-refractivity contribution in [2.24, 2.45) is 0 Å². The van der Waals surface area contributed by atoms with Crippen LogP contribution in [0.5, 0.6) is 0 Å². The molecule has 0 aliphatic heterocycles. The van der Waals surface area contributed by atoms with E-state index in [1.807, 2.05) is 0 Å². The summed E-state index contributed by atoms with van der Waals surface area (Å²) in [6.45, 7) is 0. The molecular formula is C13H9F6NO. The van der Waals surface area contributed by atoms with Gasteiger partial charge in [0.15, 0.2) is 0 Å². The summed E-state index contributed by atoms with van der Waals surface area (Å²) in [5.74, 6) is 0. The molecule has 0 saturated carbocycles. The number of aliphatic hydroxyl groups is 1. The maximum atomic E-state index is 12.7. The van der Waals surface area contributed by atoms with Gasteiger partial charge in [-0.3, -0.25) is 0 Å². The summed E-state index contributed by atoms with van der Waals surface area (Å²) >= 11 is 0. The molecule has 0 aliphatic carbocycles. The van der Waals surface area contributed by atoms with Crippen molar-refractivity contribution in [3.63, 3.8) is 0 Å². The number of aromatic nitrogens is 1. The molecule has 0 spiro atoms. The fourth-order valence-electron chi connectivity index (χ4n) is 1.86. The molecule has 0 aliphatic rings. The van der Waals surface area contributed by atoms with Crippen molar-refractivity contribution in [2.75, 3.05) is 0 Å². The van der Waals surface area contributed by atoms with Crippen molar-refractivity contribution < 1.29 is 31.4 Å². The van der Waals surface area contributed by atoms with Crippen LogP contribution in [0.3, 0.4) is 0 Å².